The van der Waals surface area contributed by atoms with E-state index in [2.05, 4.69) is 29.5 Å². The molecule has 21 heavy (non-hydrogen) atoms. The van der Waals surface area contributed by atoms with Crippen molar-refractivity contribution >= 4 is 11.3 Å². The third-order valence-corrected chi connectivity index (χ3v) is 4.34. The van der Waals surface area contributed by atoms with E-state index in [1.54, 1.807) is 0 Å². The van der Waals surface area contributed by atoms with Crippen molar-refractivity contribution < 1.29 is 4.74 Å². The summed E-state index contributed by atoms with van der Waals surface area (Å²) < 4.78 is 5.77. The zero-order valence-corrected chi connectivity index (χ0v) is 13.4. The van der Waals surface area contributed by atoms with Crippen LogP contribution in [0.25, 0.3) is 0 Å². The Morgan fingerprint density at radius 2 is 2.10 bits per heavy atom. The third kappa shape index (κ3) is 5.87. The molecule has 0 saturated heterocycles. The highest BCUT2D eigenvalue weighted by molar-refractivity contribution is 7.09. The van der Waals surface area contributed by atoms with E-state index in [1.165, 1.54) is 4.88 Å². The van der Waals surface area contributed by atoms with Crippen LogP contribution < -0.4 is 10.5 Å². The molecular weight excluding hydrogens is 280 g/mol. The monoisotopic (exact) mass is 304 g/mol. The van der Waals surface area contributed by atoms with Gasteiger partial charge in [0.1, 0.15) is 5.75 Å². The van der Waals surface area contributed by atoms with Crippen LogP contribution in [0, 0.1) is 0 Å². The van der Waals surface area contributed by atoms with Crippen LogP contribution in [0.15, 0.2) is 41.8 Å². The molecule has 0 spiro atoms. The Labute approximate surface area is 131 Å². The van der Waals surface area contributed by atoms with E-state index >= 15 is 0 Å². The fraction of sp³-hybridized carbons (Fsp3) is 0.412. The summed E-state index contributed by atoms with van der Waals surface area (Å²) in [5.74, 6) is 0.916. The zero-order chi connectivity index (χ0) is 14.9. The Balaban J connectivity index is 1.60. The molecule has 0 saturated carbocycles. The number of hydrogen-bond donors (Lipinski definition) is 1. The molecule has 3 nitrogen and oxygen atoms in total. The molecule has 0 radical (unpaired) electrons. The number of nitrogens with two attached hydrogens (primary N) is 1. The molecule has 4 heteroatoms. The summed E-state index contributed by atoms with van der Waals surface area (Å²) in [5, 5.41) is 2.14. The van der Waals surface area contributed by atoms with E-state index < -0.39 is 0 Å². The van der Waals surface area contributed by atoms with Crippen molar-refractivity contribution in [3.8, 4) is 5.75 Å². The van der Waals surface area contributed by atoms with Crippen LogP contribution in [-0.4, -0.2) is 31.6 Å². The van der Waals surface area contributed by atoms with Gasteiger partial charge in [-0.25, -0.2) is 0 Å². The summed E-state index contributed by atoms with van der Waals surface area (Å²) in [6, 6.07) is 12.3. The smallest absolute Gasteiger partial charge is 0.119 e. The second-order valence-corrected chi connectivity index (χ2v) is 6.22. The van der Waals surface area contributed by atoms with E-state index in [-0.39, 0.29) is 0 Å². The van der Waals surface area contributed by atoms with Gasteiger partial charge >= 0.3 is 0 Å². The molecule has 1 aromatic heterocycles. The summed E-state index contributed by atoms with van der Waals surface area (Å²) >= 11 is 1.83. The van der Waals surface area contributed by atoms with Crippen LogP contribution in [0.3, 0.4) is 0 Å². The predicted molar refractivity (Wildman–Crippen MR) is 90.0 cm³/mol. The molecule has 1 heterocycles. The predicted octanol–water partition coefficient (Wildman–Crippen LogP) is 3.15. The fourth-order valence-electron chi connectivity index (χ4n) is 2.15. The van der Waals surface area contributed by atoms with Crippen molar-refractivity contribution in [3.63, 3.8) is 0 Å². The van der Waals surface area contributed by atoms with E-state index in [0.29, 0.717) is 6.54 Å². The average molecular weight is 304 g/mol. The van der Waals surface area contributed by atoms with Gasteiger partial charge in [0.2, 0.25) is 0 Å². The SMILES string of the molecule is CN(CCCOc1cccc(CN)c1)CCc1cccs1. The first kappa shape index (κ1) is 16.0. The molecule has 0 aliphatic heterocycles. The Hall–Kier alpha value is -1.36. The summed E-state index contributed by atoms with van der Waals surface area (Å²) in [6.45, 7) is 3.46. The van der Waals surface area contributed by atoms with Crippen LogP contribution in [-0.2, 0) is 13.0 Å². The minimum absolute atomic E-state index is 0.558. The van der Waals surface area contributed by atoms with Gasteiger partial charge in [-0.3, -0.25) is 0 Å². The largest absolute Gasteiger partial charge is 0.494 e. The second kappa shape index (κ2) is 8.82. The molecule has 0 atom stereocenters. The van der Waals surface area contributed by atoms with Crippen molar-refractivity contribution in [2.75, 3.05) is 26.7 Å². The molecule has 2 N–H and O–H groups in total. The second-order valence-electron chi connectivity index (χ2n) is 5.19. The lowest BCUT2D eigenvalue weighted by Crippen LogP contribution is -2.23. The van der Waals surface area contributed by atoms with Gasteiger partial charge in [-0.1, -0.05) is 18.2 Å². The van der Waals surface area contributed by atoms with Gasteiger partial charge in [-0.05, 0) is 49.0 Å². The lowest BCUT2D eigenvalue weighted by atomic mass is 10.2. The van der Waals surface area contributed by atoms with Gasteiger partial charge in [-0.2, -0.15) is 0 Å². The van der Waals surface area contributed by atoms with Gasteiger partial charge in [0.15, 0.2) is 0 Å². The minimum atomic E-state index is 0.558. The highest BCUT2D eigenvalue weighted by Crippen LogP contribution is 2.13. The first-order valence-electron chi connectivity index (χ1n) is 7.40. The van der Waals surface area contributed by atoms with Crippen LogP contribution in [0.4, 0.5) is 0 Å². The Kier molecular flexibility index (Phi) is 6.73. The lowest BCUT2D eigenvalue weighted by molar-refractivity contribution is 0.264. The molecule has 114 valence electrons. The van der Waals surface area contributed by atoms with Crippen molar-refractivity contribution in [2.24, 2.45) is 5.73 Å². The minimum Gasteiger partial charge on any atom is -0.494 e. The maximum Gasteiger partial charge on any atom is 0.119 e. The molecule has 0 aliphatic carbocycles. The molecule has 0 unspecified atom stereocenters. The molecule has 2 aromatic rings. The number of rotatable bonds is 9. The van der Waals surface area contributed by atoms with Crippen LogP contribution >= 0.6 is 11.3 Å². The number of hydrogen-bond acceptors (Lipinski definition) is 4. The van der Waals surface area contributed by atoms with E-state index in [4.69, 9.17) is 10.5 Å². The molecule has 0 fully saturated rings. The van der Waals surface area contributed by atoms with Gasteiger partial charge in [0.25, 0.3) is 0 Å². The first-order chi connectivity index (χ1) is 10.3. The Morgan fingerprint density at radius 3 is 2.86 bits per heavy atom. The van der Waals surface area contributed by atoms with Gasteiger partial charge in [0.05, 0.1) is 6.61 Å². The Morgan fingerprint density at radius 1 is 1.19 bits per heavy atom. The number of likely N-dealkylation sites (N-methyl/N-ethyl adjacent to an activating group) is 1. The van der Waals surface area contributed by atoms with Crippen LogP contribution in [0.2, 0.25) is 0 Å². The van der Waals surface area contributed by atoms with Crippen LogP contribution in [0.5, 0.6) is 5.75 Å². The molecule has 2 rings (SSSR count). The average Bonchev–Trinajstić information content (AvgIpc) is 3.03. The normalized spacial score (nSPS) is 11.0. The van der Waals surface area contributed by atoms with Gasteiger partial charge in [-0.15, -0.1) is 11.3 Å². The van der Waals surface area contributed by atoms with Gasteiger partial charge < -0.3 is 15.4 Å². The maximum absolute atomic E-state index is 5.77. The number of nitrogens with zero attached hydrogens (tertiary/aromatic N) is 1. The van der Waals surface area contributed by atoms with Crippen molar-refractivity contribution in [2.45, 2.75) is 19.4 Å². The summed E-state index contributed by atoms with van der Waals surface area (Å²) in [6.07, 6.45) is 2.17. The lowest BCUT2D eigenvalue weighted by Gasteiger charge is -2.16. The van der Waals surface area contributed by atoms with E-state index in [1.807, 2.05) is 35.6 Å². The standard InChI is InChI=1S/C17H24N2OS/c1-19(10-8-17-7-3-12-21-17)9-4-11-20-16-6-2-5-15(13-16)14-18/h2-3,5-7,12-13H,4,8-11,14,18H2,1H3. The molecular formula is C17H24N2OS. The third-order valence-electron chi connectivity index (χ3n) is 3.41. The number of thiophene rings is 1. The van der Waals surface area contributed by atoms with Crippen molar-refractivity contribution in [3.05, 3.63) is 52.2 Å². The number of benzene rings is 1. The van der Waals surface area contributed by atoms with Gasteiger partial charge in [0, 0.05) is 24.5 Å². The molecule has 1 aromatic carbocycles. The highest BCUT2D eigenvalue weighted by Gasteiger charge is 2.01. The van der Waals surface area contributed by atoms with E-state index in [0.717, 1.165) is 43.9 Å². The first-order valence-corrected chi connectivity index (χ1v) is 8.28. The van der Waals surface area contributed by atoms with Crippen molar-refractivity contribution in [1.29, 1.82) is 0 Å². The van der Waals surface area contributed by atoms with E-state index in [9.17, 15) is 0 Å². The molecule has 0 aliphatic rings. The van der Waals surface area contributed by atoms with Crippen LogP contribution in [0.1, 0.15) is 16.9 Å². The highest BCUT2D eigenvalue weighted by atomic mass is 32.1. The summed E-state index contributed by atoms with van der Waals surface area (Å²) in [4.78, 5) is 3.82. The topological polar surface area (TPSA) is 38.5 Å². The maximum atomic E-state index is 5.77. The summed E-state index contributed by atoms with van der Waals surface area (Å²) in [5.41, 5.74) is 6.74. The number of ether oxygens (including phenoxy) is 1. The quantitative estimate of drug-likeness (QED) is 0.723. The molecule has 0 amide bonds. The van der Waals surface area contributed by atoms with Crippen molar-refractivity contribution in [1.82, 2.24) is 4.90 Å². The summed E-state index contributed by atoms with van der Waals surface area (Å²) in [7, 11) is 2.17. The fourth-order valence-corrected chi connectivity index (χ4v) is 2.85. The zero-order valence-electron chi connectivity index (χ0n) is 12.6. The molecule has 0 bridgehead atoms. The Bertz CT molecular complexity index is 513.